The zero-order valence-corrected chi connectivity index (χ0v) is 24.5. The van der Waals surface area contributed by atoms with Crippen LogP contribution in [0.3, 0.4) is 0 Å². The Morgan fingerprint density at radius 1 is 1.07 bits per heavy atom. The molecular formula is C33H30N6O2S. The number of hydrogen-bond acceptors (Lipinski definition) is 7. The van der Waals surface area contributed by atoms with Crippen LogP contribution in [0.1, 0.15) is 68.5 Å². The minimum Gasteiger partial charge on any atom is -0.497 e. The topological polar surface area (TPSA) is 94.8 Å². The van der Waals surface area contributed by atoms with Gasteiger partial charge in [0, 0.05) is 33.7 Å². The van der Waals surface area contributed by atoms with Crippen LogP contribution in [0.2, 0.25) is 0 Å². The molecule has 1 N–H and O–H groups in total. The first-order chi connectivity index (χ1) is 20.4. The smallest absolute Gasteiger partial charge is 0.256 e. The van der Waals surface area contributed by atoms with E-state index in [0.717, 1.165) is 38.6 Å². The maximum Gasteiger partial charge on any atom is 0.256 e. The molecule has 5 aromatic rings. The monoisotopic (exact) mass is 574 g/mol. The fraction of sp³-hybridized carbons (Fsp3) is 0.242. The van der Waals surface area contributed by atoms with Crippen LogP contribution in [0, 0.1) is 25.7 Å². The molecule has 210 valence electrons. The Kier molecular flexibility index (Phi) is 7.80. The standard InChI is InChI=1S/C33H30N6O2S/c1-21-16-26(32-36-38-39(37-32)19-24-10-13-28(41-3)14-11-24)17-22(2)31(21)33(40)34-27-9-4-6-23(18-27)12-15-30-35-29(20-42-30)25-7-5-8-25/h4,6,9-11,13-14,16-18,20,25H,5,7-8,19H2,1-3H3,(H,34,40). The maximum atomic E-state index is 13.3. The molecule has 0 radical (unpaired) electrons. The third-order valence-electron chi connectivity index (χ3n) is 7.43. The molecular weight excluding hydrogens is 544 g/mol. The van der Waals surface area contributed by atoms with E-state index in [1.165, 1.54) is 25.0 Å². The molecule has 9 heteroatoms. The number of aromatic nitrogens is 5. The van der Waals surface area contributed by atoms with Crippen molar-refractivity contribution in [3.8, 4) is 29.0 Å². The highest BCUT2D eigenvalue weighted by atomic mass is 32.1. The van der Waals surface area contributed by atoms with Crippen molar-refractivity contribution >= 4 is 22.9 Å². The van der Waals surface area contributed by atoms with Crippen LogP contribution in [-0.2, 0) is 6.54 Å². The van der Waals surface area contributed by atoms with Crippen LogP contribution >= 0.6 is 11.3 Å². The summed E-state index contributed by atoms with van der Waals surface area (Å²) in [5, 5.41) is 19.0. The molecule has 3 aromatic carbocycles. The van der Waals surface area contributed by atoms with Crippen LogP contribution < -0.4 is 10.1 Å². The minimum atomic E-state index is -0.178. The fourth-order valence-electron chi connectivity index (χ4n) is 5.00. The first kappa shape index (κ1) is 27.4. The summed E-state index contributed by atoms with van der Waals surface area (Å²) in [4.78, 5) is 19.6. The molecule has 0 spiro atoms. The van der Waals surface area contributed by atoms with E-state index in [-0.39, 0.29) is 5.91 Å². The lowest BCUT2D eigenvalue weighted by atomic mass is 9.83. The molecule has 0 unspecified atom stereocenters. The van der Waals surface area contributed by atoms with Crippen molar-refractivity contribution in [2.24, 2.45) is 0 Å². The summed E-state index contributed by atoms with van der Waals surface area (Å²) >= 11 is 1.59. The van der Waals surface area contributed by atoms with E-state index in [1.54, 1.807) is 23.2 Å². The zero-order valence-electron chi connectivity index (χ0n) is 23.7. The second-order valence-corrected chi connectivity index (χ2v) is 11.3. The molecule has 42 heavy (non-hydrogen) atoms. The molecule has 1 aliphatic rings. The summed E-state index contributed by atoms with van der Waals surface area (Å²) in [6.45, 7) is 4.33. The Bertz CT molecular complexity index is 1790. The molecule has 8 nitrogen and oxygen atoms in total. The summed E-state index contributed by atoms with van der Waals surface area (Å²) in [5.41, 5.74) is 6.80. The van der Waals surface area contributed by atoms with Crippen LogP contribution in [0.25, 0.3) is 11.4 Å². The molecule has 0 aliphatic heterocycles. The Balaban J connectivity index is 1.14. The Morgan fingerprint density at radius 3 is 2.57 bits per heavy atom. The molecule has 1 saturated carbocycles. The number of carbonyl (C=O) groups excluding carboxylic acids is 1. The van der Waals surface area contributed by atoms with Crippen LogP contribution in [0.15, 0.2) is 66.0 Å². The summed E-state index contributed by atoms with van der Waals surface area (Å²) < 4.78 is 5.22. The highest BCUT2D eigenvalue weighted by Gasteiger charge is 2.21. The lowest BCUT2D eigenvalue weighted by molar-refractivity contribution is 0.102. The summed E-state index contributed by atoms with van der Waals surface area (Å²) in [6.07, 6.45) is 3.74. The van der Waals surface area contributed by atoms with E-state index in [4.69, 9.17) is 4.74 Å². The van der Waals surface area contributed by atoms with Gasteiger partial charge >= 0.3 is 0 Å². The molecule has 1 amide bonds. The molecule has 1 fully saturated rings. The van der Waals surface area contributed by atoms with Gasteiger partial charge in [0.05, 0.1) is 19.3 Å². The second kappa shape index (κ2) is 12.0. The lowest BCUT2D eigenvalue weighted by Gasteiger charge is -2.22. The number of benzene rings is 3. The van der Waals surface area contributed by atoms with Crippen LogP contribution in [0.5, 0.6) is 5.75 Å². The molecule has 0 saturated heterocycles. The predicted octanol–water partition coefficient (Wildman–Crippen LogP) is 6.39. The Labute approximate surface area is 248 Å². The molecule has 0 atom stereocenters. The first-order valence-corrected chi connectivity index (χ1v) is 14.7. The van der Waals surface area contributed by atoms with E-state index >= 15 is 0 Å². The largest absolute Gasteiger partial charge is 0.497 e. The van der Waals surface area contributed by atoms with E-state index in [1.807, 2.05) is 74.5 Å². The van der Waals surface area contributed by atoms with Gasteiger partial charge in [0.1, 0.15) is 5.75 Å². The zero-order chi connectivity index (χ0) is 29.1. The van der Waals surface area contributed by atoms with Gasteiger partial charge in [-0.25, -0.2) is 4.98 Å². The summed E-state index contributed by atoms with van der Waals surface area (Å²) in [6, 6.07) is 19.2. The van der Waals surface area contributed by atoms with Gasteiger partial charge in [-0.05, 0) is 97.0 Å². The molecule has 2 aromatic heterocycles. The number of tetrazole rings is 1. The number of rotatable bonds is 7. The second-order valence-electron chi connectivity index (χ2n) is 10.5. The molecule has 1 aliphatic carbocycles. The number of amides is 1. The average molecular weight is 575 g/mol. The van der Waals surface area contributed by atoms with E-state index < -0.39 is 0 Å². The van der Waals surface area contributed by atoms with Gasteiger partial charge in [0.2, 0.25) is 5.82 Å². The normalized spacial score (nSPS) is 12.7. The van der Waals surface area contributed by atoms with Crippen molar-refractivity contribution in [1.29, 1.82) is 0 Å². The number of nitrogens with zero attached hydrogens (tertiary/aromatic N) is 5. The number of nitrogens with one attached hydrogen (secondary N) is 1. The SMILES string of the molecule is COc1ccc(Cn2nnc(-c3cc(C)c(C(=O)Nc4cccc(C#Cc5nc(C6CCC6)cs5)c4)c(C)c3)n2)cc1. The number of thiazole rings is 1. The van der Waals surface area contributed by atoms with Crippen molar-refractivity contribution in [3.05, 3.63) is 105 Å². The van der Waals surface area contributed by atoms with Crippen molar-refractivity contribution in [3.63, 3.8) is 0 Å². The quantitative estimate of drug-likeness (QED) is 0.226. The highest BCUT2D eigenvalue weighted by molar-refractivity contribution is 7.10. The first-order valence-electron chi connectivity index (χ1n) is 13.9. The third-order valence-corrected chi connectivity index (χ3v) is 8.21. The van der Waals surface area contributed by atoms with Gasteiger partial charge in [-0.2, -0.15) is 4.80 Å². The Morgan fingerprint density at radius 2 is 1.86 bits per heavy atom. The van der Waals surface area contributed by atoms with Crippen molar-refractivity contribution in [1.82, 2.24) is 25.2 Å². The fourth-order valence-corrected chi connectivity index (χ4v) is 5.75. The van der Waals surface area contributed by atoms with Gasteiger partial charge in [0.15, 0.2) is 5.01 Å². The highest BCUT2D eigenvalue weighted by Crippen LogP contribution is 2.36. The number of hydrogen-bond donors (Lipinski definition) is 1. The van der Waals surface area contributed by atoms with Crippen molar-refractivity contribution in [2.45, 2.75) is 45.6 Å². The van der Waals surface area contributed by atoms with E-state index in [2.05, 4.69) is 42.9 Å². The Hall–Kier alpha value is -4.81. The van der Waals surface area contributed by atoms with Gasteiger partial charge in [-0.3, -0.25) is 4.79 Å². The van der Waals surface area contributed by atoms with Gasteiger partial charge in [-0.1, -0.05) is 30.5 Å². The summed E-state index contributed by atoms with van der Waals surface area (Å²) in [5.74, 6) is 8.10. The van der Waals surface area contributed by atoms with Gasteiger partial charge in [-0.15, -0.1) is 21.5 Å². The van der Waals surface area contributed by atoms with Gasteiger partial charge in [0.25, 0.3) is 5.91 Å². The number of carbonyl (C=O) groups is 1. The van der Waals surface area contributed by atoms with Gasteiger partial charge < -0.3 is 10.1 Å². The average Bonchev–Trinajstić information content (AvgIpc) is 3.61. The van der Waals surface area contributed by atoms with Crippen molar-refractivity contribution < 1.29 is 9.53 Å². The van der Waals surface area contributed by atoms with Crippen molar-refractivity contribution in [2.75, 3.05) is 12.4 Å². The molecule has 6 rings (SSSR count). The summed E-state index contributed by atoms with van der Waals surface area (Å²) in [7, 11) is 1.64. The van der Waals surface area contributed by atoms with E-state index in [9.17, 15) is 4.79 Å². The predicted molar refractivity (Wildman–Crippen MR) is 164 cm³/mol. The number of methoxy groups -OCH3 is 1. The number of anilines is 1. The molecule has 2 heterocycles. The van der Waals surface area contributed by atoms with E-state index in [0.29, 0.717) is 29.5 Å². The van der Waals surface area contributed by atoms with Crippen LogP contribution in [-0.4, -0.2) is 38.2 Å². The third kappa shape index (κ3) is 6.09. The number of aryl methyl sites for hydroxylation is 2. The number of ether oxygens (including phenoxy) is 1. The molecule has 0 bridgehead atoms. The van der Waals surface area contributed by atoms with Crippen LogP contribution in [0.4, 0.5) is 5.69 Å². The maximum absolute atomic E-state index is 13.3. The lowest BCUT2D eigenvalue weighted by Crippen LogP contribution is -2.15. The minimum absolute atomic E-state index is 0.178.